The number of rotatable bonds is 8. The van der Waals surface area contributed by atoms with Crippen molar-refractivity contribution in [1.29, 1.82) is 0 Å². The lowest BCUT2D eigenvalue weighted by molar-refractivity contribution is -0.138. The summed E-state index contributed by atoms with van der Waals surface area (Å²) in [5.74, 6) is 0.656. The van der Waals surface area contributed by atoms with E-state index in [1.54, 1.807) is 43.3 Å². The Bertz CT molecular complexity index is 1820. The zero-order valence-electron chi connectivity index (χ0n) is 22.9. The van der Waals surface area contributed by atoms with Crippen LogP contribution >= 0.6 is 11.3 Å². The molecule has 9 nitrogen and oxygen atoms in total. The maximum absolute atomic E-state index is 14.0. The van der Waals surface area contributed by atoms with Crippen molar-refractivity contribution in [2.75, 3.05) is 27.9 Å². The van der Waals surface area contributed by atoms with E-state index in [0.717, 1.165) is 0 Å². The quantitative estimate of drug-likeness (QED) is 0.321. The van der Waals surface area contributed by atoms with Crippen molar-refractivity contribution >= 4 is 29.1 Å². The molecule has 1 aromatic heterocycles. The highest BCUT2D eigenvalue weighted by Gasteiger charge is 2.35. The number of thiazole rings is 1. The van der Waals surface area contributed by atoms with Gasteiger partial charge in [-0.1, -0.05) is 53.8 Å². The number of ether oxygens (including phenoxy) is 4. The number of phenols is 1. The topological polar surface area (TPSA) is 109 Å². The minimum absolute atomic E-state index is 0.00820. The van der Waals surface area contributed by atoms with Gasteiger partial charge in [0.1, 0.15) is 0 Å². The van der Waals surface area contributed by atoms with Gasteiger partial charge in [0.25, 0.3) is 5.56 Å². The summed E-state index contributed by atoms with van der Waals surface area (Å²) in [6, 6.07) is 18.6. The van der Waals surface area contributed by atoms with Crippen molar-refractivity contribution in [2.45, 2.75) is 13.0 Å². The molecule has 1 aliphatic rings. The summed E-state index contributed by atoms with van der Waals surface area (Å²) in [6.45, 7) is 1.88. The first-order chi connectivity index (χ1) is 19.9. The van der Waals surface area contributed by atoms with E-state index in [2.05, 4.69) is 0 Å². The second-order valence-corrected chi connectivity index (χ2v) is 9.99. The average Bonchev–Trinajstić information content (AvgIpc) is 3.31. The number of fused-ring (bicyclic) bond motifs is 1. The van der Waals surface area contributed by atoms with Crippen LogP contribution in [0.4, 0.5) is 0 Å². The highest BCUT2D eigenvalue weighted by atomic mass is 32.1. The SMILES string of the molecule is CCOC(=O)C1=C(c2ccccc2)N=c2s/c(=C\c3ccc(O)c(OC)c3)c(=O)n2[C@H]1c1ccc(OC)c(OC)c1. The molecule has 0 amide bonds. The predicted molar refractivity (Wildman–Crippen MR) is 155 cm³/mol. The molecule has 2 heterocycles. The van der Waals surface area contributed by atoms with Crippen molar-refractivity contribution in [1.82, 2.24) is 4.57 Å². The zero-order chi connectivity index (χ0) is 29.1. The first-order valence-electron chi connectivity index (χ1n) is 12.8. The number of carbonyl (C=O) groups is 1. The summed E-state index contributed by atoms with van der Waals surface area (Å²) >= 11 is 1.20. The van der Waals surface area contributed by atoms with E-state index in [1.807, 2.05) is 30.3 Å². The molecule has 1 N–H and O–H groups in total. The Kier molecular flexibility index (Phi) is 7.93. The van der Waals surface area contributed by atoms with Crippen molar-refractivity contribution < 1.29 is 28.8 Å². The van der Waals surface area contributed by atoms with Crippen molar-refractivity contribution in [3.05, 3.63) is 109 Å². The van der Waals surface area contributed by atoms with Crippen LogP contribution in [0.2, 0.25) is 0 Å². The van der Waals surface area contributed by atoms with Crippen LogP contribution in [0.3, 0.4) is 0 Å². The second-order valence-electron chi connectivity index (χ2n) is 8.98. The predicted octanol–water partition coefficient (Wildman–Crippen LogP) is 3.67. The van der Waals surface area contributed by atoms with Gasteiger partial charge in [-0.2, -0.15) is 0 Å². The number of benzene rings is 3. The fourth-order valence-electron chi connectivity index (χ4n) is 4.71. The third kappa shape index (κ3) is 5.21. The van der Waals surface area contributed by atoms with Crippen LogP contribution < -0.4 is 29.1 Å². The maximum atomic E-state index is 14.0. The van der Waals surface area contributed by atoms with Gasteiger partial charge in [-0.25, -0.2) is 9.79 Å². The number of aromatic hydroxyl groups is 1. The van der Waals surface area contributed by atoms with Gasteiger partial charge in [0.2, 0.25) is 0 Å². The molecule has 1 atom stereocenters. The number of hydrogen-bond donors (Lipinski definition) is 1. The van der Waals surface area contributed by atoms with Crippen LogP contribution in [0.15, 0.2) is 82.1 Å². The lowest BCUT2D eigenvalue weighted by atomic mass is 9.93. The van der Waals surface area contributed by atoms with Crippen molar-refractivity contribution in [3.63, 3.8) is 0 Å². The summed E-state index contributed by atoms with van der Waals surface area (Å²) in [5.41, 5.74) is 2.29. The third-order valence-electron chi connectivity index (χ3n) is 6.60. The highest BCUT2D eigenvalue weighted by Crippen LogP contribution is 2.38. The van der Waals surface area contributed by atoms with Crippen LogP contribution in [-0.4, -0.2) is 43.6 Å². The van der Waals surface area contributed by atoms with E-state index in [0.29, 0.717) is 43.2 Å². The molecule has 4 aromatic rings. The van der Waals surface area contributed by atoms with E-state index >= 15 is 0 Å². The summed E-state index contributed by atoms with van der Waals surface area (Å²) in [7, 11) is 4.52. The largest absolute Gasteiger partial charge is 0.504 e. The molecule has 0 aliphatic carbocycles. The average molecular weight is 573 g/mol. The minimum Gasteiger partial charge on any atom is -0.504 e. The van der Waals surface area contributed by atoms with Crippen molar-refractivity contribution in [3.8, 4) is 23.0 Å². The lowest BCUT2D eigenvalue weighted by Gasteiger charge is -2.26. The van der Waals surface area contributed by atoms with E-state index in [-0.39, 0.29) is 29.2 Å². The molecular weight excluding hydrogens is 544 g/mol. The highest BCUT2D eigenvalue weighted by molar-refractivity contribution is 7.07. The molecule has 10 heteroatoms. The summed E-state index contributed by atoms with van der Waals surface area (Å²) in [4.78, 5) is 32.9. The Hall–Kier alpha value is -4.83. The van der Waals surface area contributed by atoms with Gasteiger partial charge in [0.15, 0.2) is 27.8 Å². The number of methoxy groups -OCH3 is 3. The van der Waals surface area contributed by atoms with Crippen LogP contribution in [0.1, 0.15) is 29.7 Å². The van der Waals surface area contributed by atoms with E-state index in [4.69, 9.17) is 23.9 Å². The Morgan fingerprint density at radius 1 is 0.976 bits per heavy atom. The molecule has 5 rings (SSSR count). The summed E-state index contributed by atoms with van der Waals surface area (Å²) in [6.07, 6.45) is 1.70. The number of aromatic nitrogens is 1. The fourth-order valence-corrected chi connectivity index (χ4v) is 5.72. The van der Waals surface area contributed by atoms with Crippen molar-refractivity contribution in [2.24, 2.45) is 4.99 Å². The van der Waals surface area contributed by atoms with E-state index in [1.165, 1.54) is 43.3 Å². The monoisotopic (exact) mass is 572 g/mol. The number of carbonyl (C=O) groups excluding carboxylic acids is 1. The number of esters is 1. The Morgan fingerprint density at radius 3 is 2.39 bits per heavy atom. The molecule has 0 fully saturated rings. The third-order valence-corrected chi connectivity index (χ3v) is 7.58. The molecule has 0 bridgehead atoms. The number of nitrogens with zero attached hydrogens (tertiary/aromatic N) is 2. The molecule has 0 unspecified atom stereocenters. The lowest BCUT2D eigenvalue weighted by Crippen LogP contribution is -2.40. The molecule has 3 aromatic carbocycles. The van der Waals surface area contributed by atoms with Gasteiger partial charge in [-0.15, -0.1) is 0 Å². The molecular formula is C31H28N2O7S. The molecule has 210 valence electrons. The van der Waals surface area contributed by atoms with Gasteiger partial charge in [-0.05, 0) is 48.4 Å². The Morgan fingerprint density at radius 2 is 1.71 bits per heavy atom. The first kappa shape index (κ1) is 27.7. The summed E-state index contributed by atoms with van der Waals surface area (Å²) in [5, 5.41) is 10.0. The molecule has 0 saturated heterocycles. The second kappa shape index (κ2) is 11.7. The number of phenolic OH excluding ortho intramolecular Hbond substituents is 1. The van der Waals surface area contributed by atoms with Gasteiger partial charge in [0, 0.05) is 5.56 Å². The normalized spacial score (nSPS) is 14.7. The Labute approximate surface area is 239 Å². The smallest absolute Gasteiger partial charge is 0.338 e. The molecule has 1 aliphatic heterocycles. The standard InChI is InChI=1S/C31H28N2O7S/c1-5-40-30(36)26-27(19-9-7-6-8-10-19)32-31-33(28(26)20-12-14-22(37-2)24(17-20)39-4)29(35)25(41-31)16-18-11-13-21(34)23(15-18)38-3/h6-17,28,34H,5H2,1-4H3/b25-16-/t28-/m0/s1. The molecule has 0 saturated carbocycles. The zero-order valence-corrected chi connectivity index (χ0v) is 23.7. The van der Waals surface area contributed by atoms with Gasteiger partial charge in [0.05, 0.1) is 49.8 Å². The van der Waals surface area contributed by atoms with Crippen LogP contribution in [-0.2, 0) is 9.53 Å². The molecule has 41 heavy (non-hydrogen) atoms. The maximum Gasteiger partial charge on any atom is 0.338 e. The van der Waals surface area contributed by atoms with Crippen LogP contribution in [0, 0.1) is 0 Å². The number of hydrogen-bond acceptors (Lipinski definition) is 9. The van der Waals surface area contributed by atoms with E-state index in [9.17, 15) is 14.7 Å². The fraction of sp³-hybridized carbons (Fsp3) is 0.194. The van der Waals surface area contributed by atoms with E-state index < -0.39 is 12.0 Å². The molecule has 0 radical (unpaired) electrons. The van der Waals surface area contributed by atoms with Gasteiger partial charge >= 0.3 is 5.97 Å². The van der Waals surface area contributed by atoms with Gasteiger partial charge < -0.3 is 24.1 Å². The summed E-state index contributed by atoms with van der Waals surface area (Å²) < 4.78 is 23.6. The molecule has 0 spiro atoms. The van der Waals surface area contributed by atoms with Crippen LogP contribution in [0.5, 0.6) is 23.0 Å². The Balaban J connectivity index is 1.83. The van der Waals surface area contributed by atoms with Gasteiger partial charge in [-0.3, -0.25) is 9.36 Å². The minimum atomic E-state index is -0.864. The first-order valence-corrected chi connectivity index (χ1v) is 13.6. The van der Waals surface area contributed by atoms with Crippen LogP contribution in [0.25, 0.3) is 11.8 Å².